The number of nitrogens with one attached hydrogen (secondary N) is 1. The second kappa shape index (κ2) is 7.71. The van der Waals surface area contributed by atoms with Gasteiger partial charge < -0.3 is 15.2 Å². The molecular weight excluding hydrogens is 318 g/mol. The Kier molecular flexibility index (Phi) is 5.38. The maximum atomic E-state index is 7.82. The fraction of sp³-hybridized carbons (Fsp3) is 0.261. The van der Waals surface area contributed by atoms with Crippen LogP contribution in [0, 0.1) is 5.41 Å². The van der Waals surface area contributed by atoms with Gasteiger partial charge in [0.25, 0.3) is 0 Å². The van der Waals surface area contributed by atoms with Crippen LogP contribution >= 0.6 is 0 Å². The molecule has 26 heavy (non-hydrogen) atoms. The van der Waals surface area contributed by atoms with E-state index < -0.39 is 0 Å². The van der Waals surface area contributed by atoms with E-state index in [1.165, 1.54) is 34.2 Å². The molecule has 1 aliphatic carbocycles. The van der Waals surface area contributed by atoms with Crippen molar-refractivity contribution in [2.75, 3.05) is 39.6 Å². The Morgan fingerprint density at radius 1 is 0.962 bits per heavy atom. The third-order valence-corrected chi connectivity index (χ3v) is 4.77. The van der Waals surface area contributed by atoms with E-state index in [9.17, 15) is 0 Å². The van der Waals surface area contributed by atoms with Gasteiger partial charge in [-0.2, -0.15) is 0 Å². The molecule has 2 aromatic rings. The van der Waals surface area contributed by atoms with Gasteiger partial charge in [-0.05, 0) is 66.0 Å². The van der Waals surface area contributed by atoms with Crippen molar-refractivity contribution in [3.8, 4) is 11.1 Å². The number of benzene rings is 2. The molecule has 1 N–H and O–H groups in total. The predicted octanol–water partition coefficient (Wildman–Crippen LogP) is 4.69. The molecule has 0 amide bonds. The van der Waals surface area contributed by atoms with E-state index in [-0.39, 0.29) is 0 Å². The van der Waals surface area contributed by atoms with Crippen LogP contribution in [0.2, 0.25) is 0 Å². The molecule has 0 fully saturated rings. The zero-order valence-corrected chi connectivity index (χ0v) is 16.1. The molecule has 0 saturated carbocycles. The first-order valence-electron chi connectivity index (χ1n) is 8.96. The number of allylic oxidation sites excluding steroid dienone is 2. The van der Waals surface area contributed by atoms with Gasteiger partial charge in [-0.25, -0.2) is 0 Å². The third-order valence-electron chi connectivity index (χ3n) is 4.77. The van der Waals surface area contributed by atoms with E-state index in [4.69, 9.17) is 5.41 Å². The molecule has 0 heterocycles. The highest BCUT2D eigenvalue weighted by Gasteiger charge is 2.18. The van der Waals surface area contributed by atoms with Gasteiger partial charge in [-0.1, -0.05) is 42.5 Å². The summed E-state index contributed by atoms with van der Waals surface area (Å²) in [6.45, 7) is 0.937. The zero-order valence-electron chi connectivity index (χ0n) is 16.1. The highest BCUT2D eigenvalue weighted by atomic mass is 15.1. The minimum absolute atomic E-state index is 0.937. The largest absolute Gasteiger partial charge is 0.378 e. The molecule has 0 spiro atoms. The van der Waals surface area contributed by atoms with Gasteiger partial charge in [0.2, 0.25) is 0 Å². The number of anilines is 1. The molecule has 0 saturated heterocycles. The quantitative estimate of drug-likeness (QED) is 0.770. The molecule has 0 aliphatic heterocycles. The number of likely N-dealkylation sites (N-methyl/N-ethyl adjacent to an activating group) is 1. The van der Waals surface area contributed by atoms with Crippen molar-refractivity contribution in [2.24, 2.45) is 0 Å². The smallest absolute Gasteiger partial charge is 0.0367 e. The van der Waals surface area contributed by atoms with Crippen LogP contribution < -0.4 is 4.90 Å². The van der Waals surface area contributed by atoms with Crippen LogP contribution in [0.15, 0.2) is 60.2 Å². The van der Waals surface area contributed by atoms with Crippen molar-refractivity contribution < 1.29 is 0 Å². The predicted molar refractivity (Wildman–Crippen MR) is 113 cm³/mol. The molecule has 0 bridgehead atoms. The molecule has 0 unspecified atom stereocenters. The summed E-state index contributed by atoms with van der Waals surface area (Å²) in [7, 11) is 8.35. The van der Waals surface area contributed by atoms with Crippen LogP contribution in [-0.2, 0) is 0 Å². The van der Waals surface area contributed by atoms with Crippen molar-refractivity contribution in [3.63, 3.8) is 0 Å². The molecule has 0 aromatic heterocycles. The highest BCUT2D eigenvalue weighted by Crippen LogP contribution is 2.38. The lowest BCUT2D eigenvalue weighted by molar-refractivity contribution is 0.450. The Hall–Kier alpha value is -2.65. The summed E-state index contributed by atoms with van der Waals surface area (Å²) in [6, 6.07) is 14.8. The monoisotopic (exact) mass is 345 g/mol. The summed E-state index contributed by atoms with van der Waals surface area (Å²) in [5.74, 6) is 0. The van der Waals surface area contributed by atoms with Crippen molar-refractivity contribution in [1.82, 2.24) is 4.90 Å². The topological polar surface area (TPSA) is 30.3 Å². The first-order chi connectivity index (χ1) is 12.5. The molecule has 134 valence electrons. The Balaban J connectivity index is 2.22. The lowest BCUT2D eigenvalue weighted by atomic mass is 9.89. The minimum atomic E-state index is 0.937. The normalized spacial score (nSPS) is 13.6. The summed E-state index contributed by atoms with van der Waals surface area (Å²) in [5.41, 5.74) is 8.47. The van der Waals surface area contributed by atoms with Crippen LogP contribution in [0.25, 0.3) is 16.7 Å². The second-order valence-corrected chi connectivity index (χ2v) is 7.20. The first-order valence-corrected chi connectivity index (χ1v) is 8.96. The van der Waals surface area contributed by atoms with Gasteiger partial charge in [0.1, 0.15) is 0 Å². The Morgan fingerprint density at radius 3 is 2.42 bits per heavy atom. The fourth-order valence-electron chi connectivity index (χ4n) is 3.49. The summed E-state index contributed by atoms with van der Waals surface area (Å²) < 4.78 is 0. The van der Waals surface area contributed by atoms with E-state index in [0.717, 1.165) is 24.1 Å². The van der Waals surface area contributed by atoms with Gasteiger partial charge >= 0.3 is 0 Å². The lowest BCUT2D eigenvalue weighted by Crippen LogP contribution is -2.14. The van der Waals surface area contributed by atoms with Gasteiger partial charge in [-0.15, -0.1) is 0 Å². The molecule has 3 rings (SSSR count). The van der Waals surface area contributed by atoms with Gasteiger partial charge in [0.05, 0.1) is 0 Å². The maximum Gasteiger partial charge on any atom is 0.0367 e. The van der Waals surface area contributed by atoms with Crippen LogP contribution in [0.3, 0.4) is 0 Å². The lowest BCUT2D eigenvalue weighted by Gasteiger charge is -2.20. The Morgan fingerprint density at radius 2 is 1.73 bits per heavy atom. The standard InChI is InChI=1S/C23H27N3/c1-25(2)16-18-9-7-11-21(18)22-13-12-19(26(3)4)14-23(22)20-10-6-5-8-17(20)15-24/h5-10,12-15,24H,11,16H2,1-4H3. The van der Waals surface area contributed by atoms with Gasteiger partial charge in [-0.3, -0.25) is 0 Å². The summed E-state index contributed by atoms with van der Waals surface area (Å²) in [5, 5.41) is 7.82. The number of rotatable bonds is 6. The maximum absolute atomic E-state index is 7.82. The molecular formula is C23H27N3. The SMILES string of the molecule is CN(C)CC1=C(c2ccc(N(C)C)cc2-c2ccccc2C=N)CC=C1. The van der Waals surface area contributed by atoms with E-state index >= 15 is 0 Å². The number of hydrogen-bond donors (Lipinski definition) is 1. The van der Waals surface area contributed by atoms with Crippen molar-refractivity contribution in [2.45, 2.75) is 6.42 Å². The molecule has 3 heteroatoms. The first kappa shape index (κ1) is 18.2. The average Bonchev–Trinajstić information content (AvgIpc) is 3.08. The average molecular weight is 345 g/mol. The number of hydrogen-bond acceptors (Lipinski definition) is 3. The zero-order chi connectivity index (χ0) is 18.7. The van der Waals surface area contributed by atoms with E-state index in [2.05, 4.69) is 80.5 Å². The molecule has 1 aliphatic rings. The third kappa shape index (κ3) is 3.63. The molecule has 0 atom stereocenters. The van der Waals surface area contributed by atoms with Crippen LogP contribution in [-0.4, -0.2) is 45.8 Å². The number of nitrogens with zero attached hydrogens (tertiary/aromatic N) is 2. The second-order valence-electron chi connectivity index (χ2n) is 7.20. The van der Waals surface area contributed by atoms with Crippen LogP contribution in [0.5, 0.6) is 0 Å². The van der Waals surface area contributed by atoms with Crippen LogP contribution in [0.4, 0.5) is 5.69 Å². The van der Waals surface area contributed by atoms with Crippen molar-refractivity contribution >= 4 is 17.5 Å². The van der Waals surface area contributed by atoms with Gasteiger partial charge in [0.15, 0.2) is 0 Å². The Bertz CT molecular complexity index is 873. The van der Waals surface area contributed by atoms with Crippen molar-refractivity contribution in [3.05, 3.63) is 71.3 Å². The molecule has 0 radical (unpaired) electrons. The molecule has 3 nitrogen and oxygen atoms in total. The van der Waals surface area contributed by atoms with E-state index in [1.807, 2.05) is 12.1 Å². The molecule has 2 aromatic carbocycles. The van der Waals surface area contributed by atoms with E-state index in [0.29, 0.717) is 0 Å². The Labute approximate surface area is 156 Å². The van der Waals surface area contributed by atoms with E-state index in [1.54, 1.807) is 0 Å². The minimum Gasteiger partial charge on any atom is -0.378 e. The highest BCUT2D eigenvalue weighted by molar-refractivity contribution is 5.94. The fourth-order valence-corrected chi connectivity index (χ4v) is 3.49. The van der Waals surface area contributed by atoms with Crippen LogP contribution in [0.1, 0.15) is 17.5 Å². The summed E-state index contributed by atoms with van der Waals surface area (Å²) in [6.07, 6.45) is 6.91. The summed E-state index contributed by atoms with van der Waals surface area (Å²) in [4.78, 5) is 4.34. The summed E-state index contributed by atoms with van der Waals surface area (Å²) >= 11 is 0. The van der Waals surface area contributed by atoms with Crippen molar-refractivity contribution in [1.29, 1.82) is 5.41 Å². The van der Waals surface area contributed by atoms with Gasteiger partial charge in [0, 0.05) is 32.5 Å².